The highest BCUT2D eigenvalue weighted by Gasteiger charge is 2.40. The summed E-state index contributed by atoms with van der Waals surface area (Å²) in [5, 5.41) is 13.0. The molecule has 0 bridgehead atoms. The highest BCUT2D eigenvalue weighted by atomic mass is 19.4. The maximum Gasteiger partial charge on any atom is 0.392 e. The number of hydrogen-bond donors (Lipinski definition) is 0. The molecule has 0 heterocycles. The van der Waals surface area contributed by atoms with Crippen LogP contribution in [-0.4, -0.2) is 17.9 Å². The topological polar surface area (TPSA) is 29.1 Å². The SMILES string of the molecule is CC=CCCC([O])(CCC#COC(CC)CC(F)(F)F)C1CCC1. The summed E-state index contributed by atoms with van der Waals surface area (Å²) < 4.78 is 42.0. The van der Waals surface area contributed by atoms with Crippen LogP contribution in [0.3, 0.4) is 0 Å². The van der Waals surface area contributed by atoms with E-state index in [2.05, 4.69) is 12.0 Å². The third-order valence-electron chi connectivity index (χ3n) is 4.70. The van der Waals surface area contributed by atoms with E-state index in [1.165, 1.54) is 0 Å². The third kappa shape index (κ3) is 7.61. The fourth-order valence-corrected chi connectivity index (χ4v) is 2.94. The Morgan fingerprint density at radius 3 is 2.50 bits per heavy atom. The lowest BCUT2D eigenvalue weighted by atomic mass is 9.69. The Hall–Kier alpha value is -1.15. The van der Waals surface area contributed by atoms with Gasteiger partial charge in [0.1, 0.15) is 17.8 Å². The van der Waals surface area contributed by atoms with Crippen LogP contribution >= 0.6 is 0 Å². The highest BCUT2D eigenvalue weighted by Crippen LogP contribution is 2.42. The number of ether oxygens (including phenoxy) is 1. The molecule has 1 aliphatic carbocycles. The second-order valence-corrected chi connectivity index (χ2v) is 6.55. The summed E-state index contributed by atoms with van der Waals surface area (Å²) in [5.74, 6) is 2.94. The van der Waals surface area contributed by atoms with E-state index < -0.39 is 24.3 Å². The molecule has 0 spiro atoms. The highest BCUT2D eigenvalue weighted by molar-refractivity contribution is 4.99. The lowest BCUT2D eigenvalue weighted by Gasteiger charge is -2.39. The predicted molar refractivity (Wildman–Crippen MR) is 87.7 cm³/mol. The third-order valence-corrected chi connectivity index (χ3v) is 4.70. The second-order valence-electron chi connectivity index (χ2n) is 6.55. The van der Waals surface area contributed by atoms with Crippen molar-refractivity contribution in [3.63, 3.8) is 0 Å². The van der Waals surface area contributed by atoms with Gasteiger partial charge in [-0.2, -0.15) is 13.2 Å². The zero-order chi connectivity index (χ0) is 18.1. The molecular formula is C19H28F3O2. The molecule has 0 N–H and O–H groups in total. The Morgan fingerprint density at radius 1 is 1.29 bits per heavy atom. The van der Waals surface area contributed by atoms with E-state index in [1.807, 2.05) is 19.1 Å². The fraction of sp³-hybridized carbons (Fsp3) is 0.789. The van der Waals surface area contributed by atoms with Gasteiger partial charge in [0.25, 0.3) is 0 Å². The minimum absolute atomic E-state index is 0.207. The maximum atomic E-state index is 13.0. The van der Waals surface area contributed by atoms with Crippen molar-refractivity contribution in [1.82, 2.24) is 0 Å². The van der Waals surface area contributed by atoms with Gasteiger partial charge in [0.2, 0.25) is 0 Å². The van der Waals surface area contributed by atoms with Gasteiger partial charge < -0.3 is 4.74 Å². The molecule has 1 rings (SSSR count). The first kappa shape index (κ1) is 20.9. The van der Waals surface area contributed by atoms with Gasteiger partial charge in [-0.15, -0.1) is 0 Å². The van der Waals surface area contributed by atoms with Crippen molar-refractivity contribution in [2.75, 3.05) is 0 Å². The van der Waals surface area contributed by atoms with Crippen LogP contribution in [0.1, 0.15) is 71.6 Å². The van der Waals surface area contributed by atoms with Gasteiger partial charge in [0.15, 0.2) is 0 Å². The van der Waals surface area contributed by atoms with Crippen molar-refractivity contribution in [3.8, 4) is 12.0 Å². The van der Waals surface area contributed by atoms with Crippen molar-refractivity contribution in [3.05, 3.63) is 12.2 Å². The summed E-state index contributed by atoms with van der Waals surface area (Å²) in [6.45, 7) is 3.57. The quantitative estimate of drug-likeness (QED) is 0.383. The van der Waals surface area contributed by atoms with Crippen LogP contribution in [0.25, 0.3) is 0 Å². The molecule has 2 unspecified atom stereocenters. The number of alkyl halides is 3. The Bertz CT molecular complexity index is 444. The molecule has 2 nitrogen and oxygen atoms in total. The molecule has 137 valence electrons. The van der Waals surface area contributed by atoms with Crippen molar-refractivity contribution in [2.24, 2.45) is 5.92 Å². The Balaban J connectivity index is 2.44. The molecule has 0 aromatic heterocycles. The molecule has 0 aromatic carbocycles. The molecule has 0 saturated heterocycles. The number of rotatable bonds is 9. The Kier molecular flexibility index (Phi) is 8.69. The Morgan fingerprint density at radius 2 is 2.00 bits per heavy atom. The van der Waals surface area contributed by atoms with Gasteiger partial charge in [0, 0.05) is 6.42 Å². The van der Waals surface area contributed by atoms with E-state index >= 15 is 0 Å². The second kappa shape index (κ2) is 9.98. The zero-order valence-electron chi connectivity index (χ0n) is 14.6. The van der Waals surface area contributed by atoms with Gasteiger partial charge in [0.05, 0.1) is 6.42 Å². The summed E-state index contributed by atoms with van der Waals surface area (Å²) in [5.41, 5.74) is -0.970. The minimum atomic E-state index is -4.25. The maximum absolute atomic E-state index is 13.0. The van der Waals surface area contributed by atoms with E-state index in [1.54, 1.807) is 6.92 Å². The largest absolute Gasteiger partial charge is 0.443 e. The van der Waals surface area contributed by atoms with Crippen molar-refractivity contribution >= 4 is 0 Å². The molecule has 24 heavy (non-hydrogen) atoms. The Labute approximate surface area is 143 Å². The smallest absolute Gasteiger partial charge is 0.392 e. The molecule has 1 radical (unpaired) electrons. The van der Waals surface area contributed by atoms with Crippen LogP contribution in [0, 0.1) is 17.9 Å². The summed E-state index contributed by atoms with van der Waals surface area (Å²) in [6, 6.07) is 0. The van der Waals surface area contributed by atoms with E-state index in [0.717, 1.165) is 25.7 Å². The number of halogens is 3. The average molecular weight is 345 g/mol. The van der Waals surface area contributed by atoms with Gasteiger partial charge >= 0.3 is 6.18 Å². The molecule has 0 aliphatic heterocycles. The summed E-state index contributed by atoms with van der Waals surface area (Å²) in [7, 11) is 0. The number of hydrogen-bond acceptors (Lipinski definition) is 1. The average Bonchev–Trinajstić information content (AvgIpc) is 2.42. The lowest BCUT2D eigenvalue weighted by Crippen LogP contribution is -2.40. The number of allylic oxidation sites excluding steroid dienone is 2. The van der Waals surface area contributed by atoms with Crippen molar-refractivity contribution < 1.29 is 23.0 Å². The van der Waals surface area contributed by atoms with Crippen LogP contribution in [0.5, 0.6) is 0 Å². The molecule has 1 saturated carbocycles. The van der Waals surface area contributed by atoms with Crippen LogP contribution in [0.2, 0.25) is 0 Å². The van der Waals surface area contributed by atoms with Crippen LogP contribution in [-0.2, 0) is 9.84 Å². The van der Waals surface area contributed by atoms with Crippen LogP contribution in [0.4, 0.5) is 13.2 Å². The molecule has 0 amide bonds. The molecule has 2 atom stereocenters. The molecular weight excluding hydrogens is 317 g/mol. The summed E-state index contributed by atoms with van der Waals surface area (Å²) >= 11 is 0. The van der Waals surface area contributed by atoms with Crippen LogP contribution in [0.15, 0.2) is 12.2 Å². The first-order chi connectivity index (χ1) is 11.3. The molecule has 1 fully saturated rings. The lowest BCUT2D eigenvalue weighted by molar-refractivity contribution is -0.153. The first-order valence-corrected chi connectivity index (χ1v) is 8.82. The minimum Gasteiger partial charge on any atom is -0.443 e. The van der Waals surface area contributed by atoms with E-state index in [9.17, 15) is 18.3 Å². The van der Waals surface area contributed by atoms with Gasteiger partial charge in [-0.25, -0.2) is 5.11 Å². The molecule has 1 aliphatic rings. The molecule has 5 heteroatoms. The monoisotopic (exact) mass is 345 g/mol. The van der Waals surface area contributed by atoms with Crippen LogP contribution < -0.4 is 0 Å². The summed E-state index contributed by atoms with van der Waals surface area (Å²) in [4.78, 5) is 0. The predicted octanol–water partition coefficient (Wildman–Crippen LogP) is 5.80. The van der Waals surface area contributed by atoms with E-state index in [-0.39, 0.29) is 12.3 Å². The van der Waals surface area contributed by atoms with E-state index in [4.69, 9.17) is 4.74 Å². The van der Waals surface area contributed by atoms with E-state index in [0.29, 0.717) is 19.3 Å². The zero-order valence-corrected chi connectivity index (χ0v) is 14.6. The van der Waals surface area contributed by atoms with Gasteiger partial charge in [-0.1, -0.05) is 31.4 Å². The van der Waals surface area contributed by atoms with Crippen molar-refractivity contribution in [2.45, 2.75) is 89.5 Å². The normalized spacial score (nSPS) is 19.2. The molecule has 0 aromatic rings. The van der Waals surface area contributed by atoms with Gasteiger partial charge in [-0.05, 0) is 51.4 Å². The fourth-order valence-electron chi connectivity index (χ4n) is 2.94. The first-order valence-electron chi connectivity index (χ1n) is 8.82. The van der Waals surface area contributed by atoms with Gasteiger partial charge in [-0.3, -0.25) is 0 Å². The standard InChI is InChI=1S/C19H28F3O2/c1-3-5-6-12-18(23,16-10-9-11-16)13-7-8-14-24-17(4-2)15-19(20,21)22/h3,5,16-17H,4,6-7,9-13,15H2,1-2H3. The summed E-state index contributed by atoms with van der Waals surface area (Å²) in [6.07, 6.45) is 5.64. The van der Waals surface area contributed by atoms with Crippen molar-refractivity contribution in [1.29, 1.82) is 0 Å².